The topological polar surface area (TPSA) is 82.9 Å². The van der Waals surface area contributed by atoms with Crippen molar-refractivity contribution in [2.45, 2.75) is 0 Å². The number of nitrogens with zero attached hydrogens (tertiary/aromatic N) is 2. The van der Waals surface area contributed by atoms with Crippen molar-refractivity contribution in [2.75, 3.05) is 5.73 Å². The van der Waals surface area contributed by atoms with Gasteiger partial charge in [0.25, 0.3) is 0 Å². The van der Waals surface area contributed by atoms with Crippen molar-refractivity contribution < 1.29 is 5.11 Å². The van der Waals surface area contributed by atoms with Gasteiger partial charge in [0.1, 0.15) is 23.2 Å². The summed E-state index contributed by atoms with van der Waals surface area (Å²) in [4.78, 5) is 4.31. The standard InChI is InChI=1S/C18H12ClN3O/c19-13-5-1-12(2-6-13)17-9-15(16(10-20)18(21)22-17)11-3-7-14(23)8-4-11/h1-9,23H,(H2,21,22). The Bertz CT molecular complexity index is 897. The summed E-state index contributed by atoms with van der Waals surface area (Å²) in [6.07, 6.45) is 0. The molecule has 2 aromatic carbocycles. The molecule has 3 aromatic rings. The van der Waals surface area contributed by atoms with Gasteiger partial charge < -0.3 is 10.8 Å². The average Bonchev–Trinajstić information content (AvgIpc) is 2.55. The highest BCUT2D eigenvalue weighted by molar-refractivity contribution is 6.30. The zero-order valence-electron chi connectivity index (χ0n) is 12.0. The van der Waals surface area contributed by atoms with Crippen LogP contribution in [0, 0.1) is 11.3 Å². The van der Waals surface area contributed by atoms with Gasteiger partial charge in [-0.3, -0.25) is 0 Å². The van der Waals surface area contributed by atoms with Crippen molar-refractivity contribution >= 4 is 17.4 Å². The maximum atomic E-state index is 9.43. The molecule has 0 aliphatic carbocycles. The molecule has 0 aliphatic rings. The molecule has 0 amide bonds. The second kappa shape index (κ2) is 5.99. The van der Waals surface area contributed by atoms with Gasteiger partial charge >= 0.3 is 0 Å². The Morgan fingerprint density at radius 3 is 2.22 bits per heavy atom. The maximum absolute atomic E-state index is 9.43. The normalized spacial score (nSPS) is 10.3. The smallest absolute Gasteiger partial charge is 0.142 e. The highest BCUT2D eigenvalue weighted by atomic mass is 35.5. The number of nitriles is 1. The van der Waals surface area contributed by atoms with E-state index in [-0.39, 0.29) is 11.6 Å². The van der Waals surface area contributed by atoms with Crippen LogP contribution in [-0.4, -0.2) is 10.1 Å². The number of phenolic OH excluding ortho intramolecular Hbond substituents is 1. The number of rotatable bonds is 2. The quantitative estimate of drug-likeness (QED) is 0.740. The molecule has 112 valence electrons. The van der Waals surface area contributed by atoms with Gasteiger partial charge in [0.15, 0.2) is 0 Å². The lowest BCUT2D eigenvalue weighted by Gasteiger charge is -2.10. The van der Waals surface area contributed by atoms with Crippen molar-refractivity contribution in [1.82, 2.24) is 4.98 Å². The fourth-order valence-electron chi connectivity index (χ4n) is 2.32. The number of nitrogens with two attached hydrogens (primary N) is 1. The Morgan fingerprint density at radius 1 is 1.00 bits per heavy atom. The van der Waals surface area contributed by atoms with Gasteiger partial charge in [-0.25, -0.2) is 4.98 Å². The second-order valence-corrected chi connectivity index (χ2v) is 5.42. The van der Waals surface area contributed by atoms with Crippen LogP contribution in [-0.2, 0) is 0 Å². The first-order valence-corrected chi connectivity index (χ1v) is 7.22. The lowest BCUT2D eigenvalue weighted by molar-refractivity contribution is 0.475. The van der Waals surface area contributed by atoms with E-state index in [1.54, 1.807) is 36.4 Å². The Morgan fingerprint density at radius 2 is 1.61 bits per heavy atom. The van der Waals surface area contributed by atoms with Gasteiger partial charge in [-0.15, -0.1) is 0 Å². The van der Waals surface area contributed by atoms with E-state index in [1.165, 1.54) is 0 Å². The fraction of sp³-hybridized carbons (Fsp3) is 0. The van der Waals surface area contributed by atoms with Crippen LogP contribution >= 0.6 is 11.6 Å². The van der Waals surface area contributed by atoms with Gasteiger partial charge in [0.2, 0.25) is 0 Å². The van der Waals surface area contributed by atoms with E-state index in [0.29, 0.717) is 21.8 Å². The number of halogens is 1. The Kier molecular flexibility index (Phi) is 3.88. The number of nitrogen functional groups attached to an aromatic ring is 1. The molecule has 0 aliphatic heterocycles. The van der Waals surface area contributed by atoms with Crippen LogP contribution in [0.4, 0.5) is 5.82 Å². The Labute approximate surface area is 138 Å². The van der Waals surface area contributed by atoms with E-state index >= 15 is 0 Å². The van der Waals surface area contributed by atoms with Crippen LogP contribution < -0.4 is 5.73 Å². The van der Waals surface area contributed by atoms with E-state index < -0.39 is 0 Å². The number of aromatic nitrogens is 1. The zero-order valence-corrected chi connectivity index (χ0v) is 12.7. The Hall–Kier alpha value is -3.03. The van der Waals surface area contributed by atoms with Crippen molar-refractivity contribution in [2.24, 2.45) is 0 Å². The van der Waals surface area contributed by atoms with Crippen LogP contribution in [0.3, 0.4) is 0 Å². The molecule has 0 unspecified atom stereocenters. The lowest BCUT2D eigenvalue weighted by atomic mass is 9.98. The van der Waals surface area contributed by atoms with Crippen molar-refractivity contribution in [3.8, 4) is 34.2 Å². The van der Waals surface area contributed by atoms with Gasteiger partial charge in [-0.05, 0) is 35.9 Å². The highest BCUT2D eigenvalue weighted by Gasteiger charge is 2.13. The number of benzene rings is 2. The van der Waals surface area contributed by atoms with E-state index in [4.69, 9.17) is 17.3 Å². The van der Waals surface area contributed by atoms with E-state index in [2.05, 4.69) is 11.1 Å². The van der Waals surface area contributed by atoms with Crippen molar-refractivity contribution in [3.05, 3.63) is 65.2 Å². The molecule has 0 fully saturated rings. The first-order valence-electron chi connectivity index (χ1n) is 6.84. The summed E-state index contributed by atoms with van der Waals surface area (Å²) in [5.74, 6) is 0.329. The van der Waals surface area contributed by atoms with E-state index in [9.17, 15) is 10.4 Å². The number of hydrogen-bond acceptors (Lipinski definition) is 4. The molecule has 0 saturated carbocycles. The van der Waals surface area contributed by atoms with Crippen LogP contribution in [0.25, 0.3) is 22.4 Å². The third-order valence-corrected chi connectivity index (χ3v) is 3.73. The summed E-state index contributed by atoms with van der Waals surface area (Å²) in [6.45, 7) is 0. The second-order valence-electron chi connectivity index (χ2n) is 4.98. The molecule has 4 nitrogen and oxygen atoms in total. The van der Waals surface area contributed by atoms with Crippen LogP contribution in [0.2, 0.25) is 5.02 Å². The summed E-state index contributed by atoms with van der Waals surface area (Å²) in [7, 11) is 0. The molecule has 3 rings (SSSR count). The highest BCUT2D eigenvalue weighted by Crippen LogP contribution is 2.32. The number of pyridine rings is 1. The van der Waals surface area contributed by atoms with Gasteiger partial charge in [0, 0.05) is 16.1 Å². The lowest BCUT2D eigenvalue weighted by Crippen LogP contribution is -1.99. The molecule has 1 aromatic heterocycles. The molecule has 0 spiro atoms. The number of hydrogen-bond donors (Lipinski definition) is 2. The molecule has 0 radical (unpaired) electrons. The molecule has 23 heavy (non-hydrogen) atoms. The molecular weight excluding hydrogens is 310 g/mol. The maximum Gasteiger partial charge on any atom is 0.142 e. The Balaban J connectivity index is 2.20. The predicted molar refractivity (Wildman–Crippen MR) is 90.9 cm³/mol. The van der Waals surface area contributed by atoms with Crippen LogP contribution in [0.15, 0.2) is 54.6 Å². The van der Waals surface area contributed by atoms with E-state index in [1.807, 2.05) is 18.2 Å². The number of anilines is 1. The molecule has 5 heteroatoms. The third kappa shape index (κ3) is 2.96. The molecule has 0 saturated heterocycles. The first kappa shape index (κ1) is 14.9. The molecule has 0 bridgehead atoms. The summed E-state index contributed by atoms with van der Waals surface area (Å²) >= 11 is 5.91. The summed E-state index contributed by atoms with van der Waals surface area (Å²) in [5, 5.41) is 19.4. The minimum Gasteiger partial charge on any atom is -0.508 e. The van der Waals surface area contributed by atoms with Crippen molar-refractivity contribution in [1.29, 1.82) is 5.26 Å². The fourth-order valence-corrected chi connectivity index (χ4v) is 2.45. The van der Waals surface area contributed by atoms with E-state index in [0.717, 1.165) is 11.1 Å². The average molecular weight is 322 g/mol. The first-order chi connectivity index (χ1) is 11.1. The summed E-state index contributed by atoms with van der Waals surface area (Å²) < 4.78 is 0. The molecule has 1 heterocycles. The predicted octanol–water partition coefficient (Wildman–Crippen LogP) is 4.23. The SMILES string of the molecule is N#Cc1c(-c2ccc(O)cc2)cc(-c2ccc(Cl)cc2)nc1N. The summed E-state index contributed by atoms with van der Waals surface area (Å²) in [6, 6.07) is 17.7. The van der Waals surface area contributed by atoms with Gasteiger partial charge in [-0.2, -0.15) is 5.26 Å². The van der Waals surface area contributed by atoms with Gasteiger partial charge in [-0.1, -0.05) is 35.9 Å². The largest absolute Gasteiger partial charge is 0.508 e. The van der Waals surface area contributed by atoms with Crippen molar-refractivity contribution in [3.63, 3.8) is 0 Å². The number of aromatic hydroxyl groups is 1. The molecular formula is C18H12ClN3O. The molecule has 3 N–H and O–H groups in total. The minimum atomic E-state index is 0.159. The van der Waals surface area contributed by atoms with Gasteiger partial charge in [0.05, 0.1) is 5.69 Å². The van der Waals surface area contributed by atoms with Crippen LogP contribution in [0.1, 0.15) is 5.56 Å². The third-order valence-electron chi connectivity index (χ3n) is 3.48. The minimum absolute atomic E-state index is 0.159. The monoisotopic (exact) mass is 321 g/mol. The molecule has 0 atom stereocenters. The zero-order chi connectivity index (χ0) is 16.4. The summed E-state index contributed by atoms with van der Waals surface area (Å²) in [5.41, 5.74) is 9.23. The number of phenols is 1. The van der Waals surface area contributed by atoms with Crippen LogP contribution in [0.5, 0.6) is 5.75 Å².